The van der Waals surface area contributed by atoms with Crippen molar-refractivity contribution in [3.8, 4) is 5.75 Å². The first-order valence-electron chi connectivity index (χ1n) is 14.8. The fourth-order valence-corrected chi connectivity index (χ4v) is 5.89. The van der Waals surface area contributed by atoms with Crippen molar-refractivity contribution in [3.63, 3.8) is 0 Å². The normalized spacial score (nSPS) is 15.7. The van der Waals surface area contributed by atoms with Crippen molar-refractivity contribution in [2.24, 2.45) is 0 Å². The van der Waals surface area contributed by atoms with Gasteiger partial charge in [-0.15, -0.1) is 11.8 Å². The maximum atomic E-state index is 13.5. The molecule has 3 aromatic carbocycles. The van der Waals surface area contributed by atoms with Crippen LogP contribution in [0.5, 0.6) is 5.75 Å². The van der Waals surface area contributed by atoms with Gasteiger partial charge >= 0.3 is 18.0 Å². The van der Waals surface area contributed by atoms with Crippen LogP contribution >= 0.6 is 11.8 Å². The lowest BCUT2D eigenvalue weighted by atomic mass is 10.1. The Morgan fingerprint density at radius 2 is 1.57 bits per heavy atom. The first kappa shape index (κ1) is 34.5. The Morgan fingerprint density at radius 3 is 2.15 bits per heavy atom. The molecule has 1 saturated heterocycles. The molecule has 0 spiro atoms. The molecular weight excluding hydrogens is 611 g/mol. The number of alkyl carbamates (subject to hydrolysis) is 1. The van der Waals surface area contributed by atoms with Crippen LogP contribution in [-0.4, -0.2) is 46.9 Å². The summed E-state index contributed by atoms with van der Waals surface area (Å²) < 4.78 is 29.9. The largest absolute Gasteiger partial charge is 0.458 e. The fourth-order valence-electron chi connectivity index (χ4n) is 4.72. The van der Waals surface area contributed by atoms with E-state index in [2.05, 4.69) is 5.32 Å². The summed E-state index contributed by atoms with van der Waals surface area (Å²) in [5.74, 6) is -1.04. The average molecular weight is 651 g/mol. The molecule has 11 heteroatoms. The van der Waals surface area contributed by atoms with Crippen LogP contribution in [0.1, 0.15) is 74.0 Å². The van der Waals surface area contributed by atoms with Gasteiger partial charge in [0.15, 0.2) is 0 Å². The van der Waals surface area contributed by atoms with E-state index in [9.17, 15) is 23.6 Å². The maximum Gasteiger partial charge on any atom is 0.408 e. The van der Waals surface area contributed by atoms with E-state index in [1.54, 1.807) is 101 Å². The average Bonchev–Trinajstić information content (AvgIpc) is 3.33. The van der Waals surface area contributed by atoms with Crippen molar-refractivity contribution in [2.45, 2.75) is 77.5 Å². The lowest BCUT2D eigenvalue weighted by Crippen LogP contribution is -2.47. The van der Waals surface area contributed by atoms with Gasteiger partial charge in [0.1, 0.15) is 34.2 Å². The number of thioether (sulfide) groups is 1. The second-order valence-corrected chi connectivity index (χ2v) is 14.0. The quantitative estimate of drug-likeness (QED) is 0.207. The van der Waals surface area contributed by atoms with Crippen LogP contribution in [0.25, 0.3) is 0 Å². The van der Waals surface area contributed by atoms with Crippen LogP contribution in [0.15, 0.2) is 66.7 Å². The van der Waals surface area contributed by atoms with Gasteiger partial charge in [0, 0.05) is 12.1 Å². The Kier molecular flexibility index (Phi) is 10.5. The molecule has 244 valence electrons. The molecule has 1 N–H and O–H groups in total. The topological polar surface area (TPSA) is 111 Å². The highest BCUT2D eigenvalue weighted by Crippen LogP contribution is 2.43. The summed E-state index contributed by atoms with van der Waals surface area (Å²) >= 11 is 1.46. The van der Waals surface area contributed by atoms with Gasteiger partial charge in [0.25, 0.3) is 0 Å². The molecule has 4 rings (SSSR count). The molecule has 46 heavy (non-hydrogen) atoms. The van der Waals surface area contributed by atoms with Crippen molar-refractivity contribution in [2.75, 3.05) is 10.7 Å². The summed E-state index contributed by atoms with van der Waals surface area (Å²) in [6.07, 6.45) is -0.621. The molecule has 9 nitrogen and oxygen atoms in total. The molecule has 1 fully saturated rings. The number of esters is 2. The summed E-state index contributed by atoms with van der Waals surface area (Å²) in [5, 5.41) is 2.29. The van der Waals surface area contributed by atoms with E-state index >= 15 is 0 Å². The van der Waals surface area contributed by atoms with Gasteiger partial charge in [-0.3, -0.25) is 9.69 Å². The number of nitrogens with zero attached hydrogens (tertiary/aromatic N) is 1. The van der Waals surface area contributed by atoms with E-state index in [1.807, 2.05) is 6.92 Å². The number of hydrogen-bond donors (Lipinski definition) is 1. The smallest absolute Gasteiger partial charge is 0.408 e. The van der Waals surface area contributed by atoms with Crippen LogP contribution in [-0.2, 0) is 25.5 Å². The summed E-state index contributed by atoms with van der Waals surface area (Å²) in [5.41, 5.74) is 1.66. The second-order valence-electron chi connectivity index (χ2n) is 12.9. The number of hydrogen-bond acceptors (Lipinski definition) is 8. The summed E-state index contributed by atoms with van der Waals surface area (Å²) in [6, 6.07) is 16.6. The highest BCUT2D eigenvalue weighted by atomic mass is 32.2. The van der Waals surface area contributed by atoms with Crippen LogP contribution in [0.3, 0.4) is 0 Å². The second kappa shape index (κ2) is 13.9. The zero-order valence-corrected chi connectivity index (χ0v) is 27.8. The maximum absolute atomic E-state index is 13.5. The Labute approximate surface area is 272 Å². The minimum absolute atomic E-state index is 0.0759. The molecule has 0 aliphatic carbocycles. The van der Waals surface area contributed by atoms with Crippen molar-refractivity contribution in [1.29, 1.82) is 0 Å². The number of anilines is 1. The van der Waals surface area contributed by atoms with Crippen molar-refractivity contribution in [1.82, 2.24) is 5.32 Å². The number of ether oxygens (including phenoxy) is 3. The lowest BCUT2D eigenvalue weighted by Gasteiger charge is -2.26. The number of carbonyl (C=O) groups is 4. The van der Waals surface area contributed by atoms with Crippen molar-refractivity contribution in [3.05, 3.63) is 94.8 Å². The van der Waals surface area contributed by atoms with Gasteiger partial charge in [-0.2, -0.15) is 0 Å². The lowest BCUT2D eigenvalue weighted by molar-refractivity contribution is -0.157. The molecule has 0 aromatic heterocycles. The summed E-state index contributed by atoms with van der Waals surface area (Å²) in [4.78, 5) is 52.9. The van der Waals surface area contributed by atoms with Gasteiger partial charge in [-0.1, -0.05) is 24.3 Å². The molecule has 1 aliphatic heterocycles. The first-order chi connectivity index (χ1) is 21.5. The van der Waals surface area contributed by atoms with Gasteiger partial charge in [0.05, 0.1) is 11.3 Å². The molecule has 1 heterocycles. The third kappa shape index (κ3) is 9.32. The number of nitrogens with one attached hydrogen (secondary N) is 1. The first-order valence-corrected chi connectivity index (χ1v) is 15.9. The number of benzene rings is 3. The molecule has 2 atom stereocenters. The minimum atomic E-state index is -1.01. The molecule has 0 saturated carbocycles. The number of halogens is 1. The highest BCUT2D eigenvalue weighted by molar-refractivity contribution is 8.00. The van der Waals surface area contributed by atoms with Crippen LogP contribution in [0.4, 0.5) is 14.9 Å². The predicted molar refractivity (Wildman–Crippen MR) is 174 cm³/mol. The number of amides is 2. The molecule has 3 aromatic rings. The summed E-state index contributed by atoms with van der Waals surface area (Å²) in [7, 11) is 0. The third-order valence-corrected chi connectivity index (χ3v) is 7.88. The molecule has 2 unspecified atom stereocenters. The molecule has 1 aliphatic rings. The molecule has 0 radical (unpaired) electrons. The van der Waals surface area contributed by atoms with Crippen molar-refractivity contribution >= 4 is 41.4 Å². The predicted octanol–water partition coefficient (Wildman–Crippen LogP) is 6.91. The van der Waals surface area contributed by atoms with Crippen LogP contribution < -0.4 is 15.0 Å². The number of rotatable bonds is 8. The van der Waals surface area contributed by atoms with E-state index in [4.69, 9.17) is 14.2 Å². The van der Waals surface area contributed by atoms with E-state index in [1.165, 1.54) is 23.9 Å². The minimum Gasteiger partial charge on any atom is -0.458 e. The highest BCUT2D eigenvalue weighted by Gasteiger charge is 2.35. The van der Waals surface area contributed by atoms with Crippen LogP contribution in [0.2, 0.25) is 0 Å². The van der Waals surface area contributed by atoms with Gasteiger partial charge in [-0.05, 0) is 108 Å². The fraction of sp³-hybridized carbons (Fsp3) is 0.371. The SMILES string of the molecule is Cc1cc(C(=O)Oc2ccc(CC(NC(=O)OC(C)(C)C)C(=O)OC(C)(C)C)cc2)ccc1N1C(=O)CSC1c1ccc(F)cc1. The van der Waals surface area contributed by atoms with E-state index in [0.29, 0.717) is 22.4 Å². The Bertz CT molecular complexity index is 1600. The third-order valence-electron chi connectivity index (χ3n) is 6.67. The van der Waals surface area contributed by atoms with Gasteiger partial charge in [0.2, 0.25) is 5.91 Å². The van der Waals surface area contributed by atoms with E-state index in [0.717, 1.165) is 5.56 Å². The monoisotopic (exact) mass is 650 g/mol. The van der Waals surface area contributed by atoms with Gasteiger partial charge in [-0.25, -0.2) is 18.8 Å². The van der Waals surface area contributed by atoms with Gasteiger partial charge < -0.3 is 19.5 Å². The van der Waals surface area contributed by atoms with Crippen molar-refractivity contribution < 1.29 is 37.8 Å². The van der Waals surface area contributed by atoms with E-state index < -0.39 is 35.3 Å². The molecule has 2 amide bonds. The zero-order valence-electron chi connectivity index (χ0n) is 27.0. The Hall–Kier alpha value is -4.38. The number of aryl methyl sites for hydroxylation is 1. The number of carbonyl (C=O) groups excluding carboxylic acids is 4. The molecular formula is C35H39FN2O7S. The summed E-state index contributed by atoms with van der Waals surface area (Å²) in [6.45, 7) is 12.2. The zero-order chi connectivity index (χ0) is 33.8. The Balaban J connectivity index is 1.44. The van der Waals surface area contributed by atoms with E-state index in [-0.39, 0.29) is 35.0 Å². The Morgan fingerprint density at radius 1 is 0.935 bits per heavy atom. The molecule has 0 bridgehead atoms. The standard InChI is InChI=1S/C35H39FN2O7S/c1-21-18-24(12-17-28(21)38-29(39)20-46-30(38)23-10-13-25(36)14-11-23)31(40)43-26-15-8-22(9-16-26)19-27(32(41)44-34(2,3)4)37-33(42)45-35(5,6)7/h8-18,27,30H,19-20H2,1-7H3,(H,37,42). The van der Waals surface area contributed by atoms with Crippen LogP contribution in [0, 0.1) is 12.7 Å².